The van der Waals surface area contributed by atoms with Crippen LogP contribution in [-0.2, 0) is 20.9 Å². The first-order chi connectivity index (χ1) is 17.0. The van der Waals surface area contributed by atoms with Gasteiger partial charge in [0.2, 0.25) is 0 Å². The number of amides is 1. The first kappa shape index (κ1) is 24.0. The summed E-state index contributed by atoms with van der Waals surface area (Å²) in [6.07, 6.45) is 0. The highest BCUT2D eigenvalue weighted by Crippen LogP contribution is 2.40. The molecule has 7 heteroatoms. The summed E-state index contributed by atoms with van der Waals surface area (Å²) in [7, 11) is 3.07. The molecule has 0 aromatic heterocycles. The molecule has 1 N–H and O–H groups in total. The predicted molar refractivity (Wildman–Crippen MR) is 131 cm³/mol. The molecule has 7 nitrogen and oxygen atoms in total. The fraction of sp³-hybridized carbons (Fsp3) is 0.214. The smallest absolute Gasteiger partial charge is 0.295 e. The van der Waals surface area contributed by atoms with E-state index in [9.17, 15) is 14.7 Å². The molecule has 0 radical (unpaired) electrons. The minimum absolute atomic E-state index is 0.0245. The normalized spacial score (nSPS) is 17.0. The molecule has 0 aliphatic carbocycles. The molecule has 1 aliphatic rings. The Balaban J connectivity index is 1.72. The van der Waals surface area contributed by atoms with E-state index in [4.69, 9.17) is 14.2 Å². The van der Waals surface area contributed by atoms with Gasteiger partial charge in [-0.1, -0.05) is 42.5 Å². The van der Waals surface area contributed by atoms with Gasteiger partial charge in [-0.05, 0) is 47.5 Å². The third kappa shape index (κ3) is 5.20. The molecule has 1 heterocycles. The molecule has 1 unspecified atom stereocenters. The van der Waals surface area contributed by atoms with Crippen LogP contribution in [0.4, 0.5) is 0 Å². The van der Waals surface area contributed by atoms with Crippen LogP contribution in [0.2, 0.25) is 0 Å². The summed E-state index contributed by atoms with van der Waals surface area (Å²) in [5, 5.41) is 11.1. The molecule has 3 aromatic rings. The van der Waals surface area contributed by atoms with Crippen molar-refractivity contribution in [1.82, 2.24) is 4.90 Å². The number of carbonyl (C=O) groups excluding carboxylic acids is 2. The van der Waals surface area contributed by atoms with Crippen LogP contribution in [-0.4, -0.2) is 49.1 Å². The zero-order chi connectivity index (χ0) is 24.8. The van der Waals surface area contributed by atoms with Crippen LogP contribution >= 0.6 is 0 Å². The van der Waals surface area contributed by atoms with Crippen LogP contribution in [0.15, 0.2) is 84.4 Å². The zero-order valence-electron chi connectivity index (χ0n) is 19.6. The van der Waals surface area contributed by atoms with Gasteiger partial charge in [0.1, 0.15) is 23.9 Å². The highest BCUT2D eigenvalue weighted by atomic mass is 16.5. The molecule has 35 heavy (non-hydrogen) atoms. The van der Waals surface area contributed by atoms with Crippen LogP contribution in [0, 0.1) is 0 Å². The Hall–Kier alpha value is -4.10. The van der Waals surface area contributed by atoms with Crippen LogP contribution in [0.5, 0.6) is 11.5 Å². The molecule has 180 valence electrons. The molecule has 0 saturated carbocycles. The van der Waals surface area contributed by atoms with Gasteiger partial charge in [-0.15, -0.1) is 0 Å². The Bertz CT molecular complexity index is 1220. The van der Waals surface area contributed by atoms with Crippen LogP contribution in [0.1, 0.15) is 22.7 Å². The van der Waals surface area contributed by atoms with Crippen molar-refractivity contribution in [2.75, 3.05) is 27.4 Å². The van der Waals surface area contributed by atoms with E-state index >= 15 is 0 Å². The second kappa shape index (κ2) is 10.9. The van der Waals surface area contributed by atoms with E-state index in [1.54, 1.807) is 43.5 Å². The first-order valence-electron chi connectivity index (χ1n) is 11.2. The number of rotatable bonds is 9. The third-order valence-corrected chi connectivity index (χ3v) is 5.86. The van der Waals surface area contributed by atoms with E-state index in [2.05, 4.69) is 0 Å². The maximum Gasteiger partial charge on any atom is 0.295 e. The molecule has 3 aromatic carbocycles. The van der Waals surface area contributed by atoms with Crippen molar-refractivity contribution >= 4 is 17.4 Å². The molecule has 4 rings (SSSR count). The summed E-state index contributed by atoms with van der Waals surface area (Å²) >= 11 is 0. The summed E-state index contributed by atoms with van der Waals surface area (Å²) in [6.45, 7) is 0.816. The molecule has 1 atom stereocenters. The quantitative estimate of drug-likeness (QED) is 0.283. The maximum absolute atomic E-state index is 13.1. The average Bonchev–Trinajstić information content (AvgIpc) is 3.16. The summed E-state index contributed by atoms with van der Waals surface area (Å²) in [6, 6.07) is 22.9. The number of aliphatic hydroxyl groups is 1. The number of aliphatic hydroxyl groups excluding tert-OH is 1. The van der Waals surface area contributed by atoms with Crippen molar-refractivity contribution in [1.29, 1.82) is 0 Å². The number of likely N-dealkylation sites (tertiary alicyclic amines) is 1. The molecule has 0 bridgehead atoms. The number of Topliss-reactive ketones (excluding diaryl/α,β-unsaturated/α-hetero) is 1. The summed E-state index contributed by atoms with van der Waals surface area (Å²) in [5.41, 5.74) is 2.11. The van der Waals surface area contributed by atoms with Crippen molar-refractivity contribution in [3.8, 4) is 11.5 Å². The van der Waals surface area contributed by atoms with Gasteiger partial charge in [0.25, 0.3) is 11.7 Å². The van der Waals surface area contributed by atoms with Crippen LogP contribution < -0.4 is 9.47 Å². The number of hydrogen-bond acceptors (Lipinski definition) is 6. The Labute approximate surface area is 204 Å². The number of ketones is 1. The molecule has 1 amide bonds. The van der Waals surface area contributed by atoms with Gasteiger partial charge in [0, 0.05) is 19.2 Å². The maximum atomic E-state index is 13.1. The van der Waals surface area contributed by atoms with Gasteiger partial charge in [-0.3, -0.25) is 9.59 Å². The molecular formula is C28H27NO6. The minimum Gasteiger partial charge on any atom is -0.507 e. The lowest BCUT2D eigenvalue weighted by molar-refractivity contribution is -0.140. The van der Waals surface area contributed by atoms with Gasteiger partial charge in [0.05, 0.1) is 25.3 Å². The predicted octanol–water partition coefficient (Wildman–Crippen LogP) is 4.34. The van der Waals surface area contributed by atoms with Crippen LogP contribution in [0.25, 0.3) is 5.76 Å². The number of carbonyl (C=O) groups is 2. The second-order valence-corrected chi connectivity index (χ2v) is 8.06. The highest BCUT2D eigenvalue weighted by molar-refractivity contribution is 6.46. The monoisotopic (exact) mass is 473 g/mol. The van der Waals surface area contributed by atoms with Crippen molar-refractivity contribution in [3.63, 3.8) is 0 Å². The molecule has 1 saturated heterocycles. The fourth-order valence-corrected chi connectivity index (χ4v) is 4.07. The largest absolute Gasteiger partial charge is 0.507 e. The number of hydrogen-bond donors (Lipinski definition) is 1. The van der Waals surface area contributed by atoms with Crippen molar-refractivity contribution in [2.24, 2.45) is 0 Å². The van der Waals surface area contributed by atoms with Gasteiger partial charge < -0.3 is 24.2 Å². The van der Waals surface area contributed by atoms with E-state index < -0.39 is 17.7 Å². The fourth-order valence-electron chi connectivity index (χ4n) is 4.07. The number of nitrogens with zero attached hydrogens (tertiary/aromatic N) is 1. The second-order valence-electron chi connectivity index (χ2n) is 8.06. The van der Waals surface area contributed by atoms with E-state index in [0.717, 1.165) is 5.56 Å². The standard InChI is InChI=1S/C28H27NO6/c1-33-16-15-29-25(21-9-6-10-23(17-21)35-18-19-7-4-3-5-8-19)24(27(31)28(29)32)26(30)20-11-13-22(34-2)14-12-20/h3-14,17,25,30H,15-16,18H2,1-2H3. The zero-order valence-corrected chi connectivity index (χ0v) is 19.6. The Morgan fingerprint density at radius 1 is 0.914 bits per heavy atom. The van der Waals surface area contributed by atoms with Crippen molar-refractivity contribution < 1.29 is 28.9 Å². The van der Waals surface area contributed by atoms with Gasteiger partial charge in [-0.25, -0.2) is 0 Å². The summed E-state index contributed by atoms with van der Waals surface area (Å²) in [5.74, 6) is -0.464. The Kier molecular flexibility index (Phi) is 7.48. The average molecular weight is 474 g/mol. The summed E-state index contributed by atoms with van der Waals surface area (Å²) < 4.78 is 16.3. The van der Waals surface area contributed by atoms with E-state index in [1.165, 1.54) is 12.0 Å². The lowest BCUT2D eigenvalue weighted by atomic mass is 9.95. The third-order valence-electron chi connectivity index (χ3n) is 5.86. The van der Waals surface area contributed by atoms with Gasteiger partial charge in [-0.2, -0.15) is 0 Å². The number of methoxy groups -OCH3 is 2. The van der Waals surface area contributed by atoms with Crippen molar-refractivity contribution in [3.05, 3.63) is 101 Å². The van der Waals surface area contributed by atoms with E-state index in [-0.39, 0.29) is 24.5 Å². The Morgan fingerprint density at radius 2 is 1.66 bits per heavy atom. The highest BCUT2D eigenvalue weighted by Gasteiger charge is 2.46. The summed E-state index contributed by atoms with van der Waals surface area (Å²) in [4.78, 5) is 27.5. The molecule has 1 fully saturated rings. The molecule has 1 aliphatic heterocycles. The number of benzene rings is 3. The van der Waals surface area contributed by atoms with Gasteiger partial charge >= 0.3 is 0 Å². The van der Waals surface area contributed by atoms with Gasteiger partial charge in [0.15, 0.2) is 0 Å². The Morgan fingerprint density at radius 3 is 2.34 bits per heavy atom. The number of ether oxygens (including phenoxy) is 3. The van der Waals surface area contributed by atoms with E-state index in [0.29, 0.717) is 29.2 Å². The lowest BCUT2D eigenvalue weighted by Gasteiger charge is -2.25. The molecular weight excluding hydrogens is 446 g/mol. The van der Waals surface area contributed by atoms with Crippen molar-refractivity contribution in [2.45, 2.75) is 12.6 Å². The molecule has 0 spiro atoms. The topological polar surface area (TPSA) is 85.3 Å². The van der Waals surface area contributed by atoms with E-state index in [1.807, 2.05) is 42.5 Å². The lowest BCUT2D eigenvalue weighted by Crippen LogP contribution is -2.32. The van der Waals surface area contributed by atoms with Crippen LogP contribution in [0.3, 0.4) is 0 Å². The first-order valence-corrected chi connectivity index (χ1v) is 11.2. The SMILES string of the molecule is COCCN1C(=O)C(=O)C(=C(O)c2ccc(OC)cc2)C1c1cccc(OCc2ccccc2)c1. The minimum atomic E-state index is -0.785.